The molecular formula is C21H20ClN3O. The van der Waals surface area contributed by atoms with Crippen LogP contribution in [-0.2, 0) is 13.1 Å². The summed E-state index contributed by atoms with van der Waals surface area (Å²) in [6.45, 7) is 3.07. The van der Waals surface area contributed by atoms with E-state index in [-0.39, 0.29) is 5.91 Å². The van der Waals surface area contributed by atoms with Gasteiger partial charge in [0.2, 0.25) is 0 Å². The van der Waals surface area contributed by atoms with Gasteiger partial charge < -0.3 is 10.6 Å². The van der Waals surface area contributed by atoms with Gasteiger partial charge in [0.25, 0.3) is 5.91 Å². The van der Waals surface area contributed by atoms with Crippen molar-refractivity contribution < 1.29 is 4.79 Å². The number of pyridine rings is 1. The van der Waals surface area contributed by atoms with Crippen molar-refractivity contribution in [2.24, 2.45) is 0 Å². The highest BCUT2D eigenvalue weighted by Gasteiger charge is 2.07. The first-order valence-electron chi connectivity index (χ1n) is 8.39. The zero-order valence-corrected chi connectivity index (χ0v) is 15.3. The first-order chi connectivity index (χ1) is 12.6. The number of nitrogens with zero attached hydrogens (tertiary/aromatic N) is 1. The van der Waals surface area contributed by atoms with Gasteiger partial charge in [0, 0.05) is 29.9 Å². The molecule has 0 fully saturated rings. The molecular weight excluding hydrogens is 346 g/mol. The average Bonchev–Trinajstić information content (AvgIpc) is 2.67. The van der Waals surface area contributed by atoms with Crippen molar-refractivity contribution in [2.75, 3.05) is 5.32 Å². The summed E-state index contributed by atoms with van der Waals surface area (Å²) in [7, 11) is 0. The third-order valence-electron chi connectivity index (χ3n) is 4.01. The fraction of sp³-hybridized carbons (Fsp3) is 0.143. The van der Waals surface area contributed by atoms with Crippen LogP contribution in [0.15, 0.2) is 66.9 Å². The first-order valence-corrected chi connectivity index (χ1v) is 8.77. The second kappa shape index (κ2) is 8.50. The number of hydrogen-bond acceptors (Lipinski definition) is 3. The fourth-order valence-corrected chi connectivity index (χ4v) is 2.69. The summed E-state index contributed by atoms with van der Waals surface area (Å²) in [4.78, 5) is 16.6. The van der Waals surface area contributed by atoms with Crippen molar-refractivity contribution in [3.05, 3.63) is 94.1 Å². The Labute approximate surface area is 158 Å². The summed E-state index contributed by atoms with van der Waals surface area (Å²) in [5.41, 5.74) is 3.80. The summed E-state index contributed by atoms with van der Waals surface area (Å²) in [6, 6.07) is 19.2. The van der Waals surface area contributed by atoms with Crippen LogP contribution < -0.4 is 10.6 Å². The van der Waals surface area contributed by atoms with Crippen LogP contribution in [0, 0.1) is 6.92 Å². The molecule has 3 aromatic rings. The van der Waals surface area contributed by atoms with Gasteiger partial charge in [-0.25, -0.2) is 4.98 Å². The molecule has 1 amide bonds. The molecule has 5 heteroatoms. The van der Waals surface area contributed by atoms with Gasteiger partial charge in [0.15, 0.2) is 0 Å². The minimum Gasteiger partial charge on any atom is -0.366 e. The van der Waals surface area contributed by atoms with Crippen LogP contribution in [0.4, 0.5) is 5.82 Å². The van der Waals surface area contributed by atoms with Gasteiger partial charge in [0.05, 0.1) is 0 Å². The molecule has 4 nitrogen and oxygen atoms in total. The summed E-state index contributed by atoms with van der Waals surface area (Å²) < 4.78 is 0. The van der Waals surface area contributed by atoms with Crippen LogP contribution in [0.1, 0.15) is 27.0 Å². The number of benzene rings is 2. The number of hydrogen-bond donors (Lipinski definition) is 2. The quantitative estimate of drug-likeness (QED) is 0.672. The SMILES string of the molecule is Cc1ccc(CNC(=O)c2ccnc(NCc3ccccc3Cl)c2)cc1. The van der Waals surface area contributed by atoms with E-state index in [1.807, 2.05) is 55.5 Å². The zero-order chi connectivity index (χ0) is 18.4. The van der Waals surface area contributed by atoms with Crippen molar-refractivity contribution in [2.45, 2.75) is 20.0 Å². The maximum atomic E-state index is 12.4. The molecule has 1 aromatic heterocycles. The van der Waals surface area contributed by atoms with Crippen molar-refractivity contribution in [1.82, 2.24) is 10.3 Å². The molecule has 26 heavy (non-hydrogen) atoms. The molecule has 0 saturated heterocycles. The predicted octanol–water partition coefficient (Wildman–Crippen LogP) is 4.59. The van der Waals surface area contributed by atoms with Crippen LogP contribution in [0.5, 0.6) is 0 Å². The molecule has 0 aliphatic rings. The molecule has 0 spiro atoms. The lowest BCUT2D eigenvalue weighted by molar-refractivity contribution is 0.0951. The maximum Gasteiger partial charge on any atom is 0.251 e. The van der Waals surface area contributed by atoms with E-state index in [1.54, 1.807) is 18.3 Å². The number of anilines is 1. The normalized spacial score (nSPS) is 10.4. The highest BCUT2D eigenvalue weighted by atomic mass is 35.5. The molecule has 0 saturated carbocycles. The Bertz CT molecular complexity index is 894. The summed E-state index contributed by atoms with van der Waals surface area (Å²) in [6.07, 6.45) is 1.62. The standard InChI is InChI=1S/C21H20ClN3O/c1-15-6-8-16(9-7-15)13-25-21(26)17-10-11-23-20(12-17)24-14-18-4-2-3-5-19(18)22/h2-12H,13-14H2,1H3,(H,23,24)(H,25,26). The monoisotopic (exact) mass is 365 g/mol. The molecule has 0 aliphatic heterocycles. The molecule has 1 heterocycles. The Balaban J connectivity index is 1.60. The third kappa shape index (κ3) is 4.83. The Morgan fingerprint density at radius 1 is 1.04 bits per heavy atom. The minimum atomic E-state index is -0.131. The van der Waals surface area contributed by atoms with Crippen LogP contribution in [0.2, 0.25) is 5.02 Å². The van der Waals surface area contributed by atoms with E-state index in [1.165, 1.54) is 5.56 Å². The molecule has 2 N–H and O–H groups in total. The minimum absolute atomic E-state index is 0.131. The van der Waals surface area contributed by atoms with Crippen molar-refractivity contribution in [3.8, 4) is 0 Å². The zero-order valence-electron chi connectivity index (χ0n) is 14.5. The van der Waals surface area contributed by atoms with Crippen molar-refractivity contribution in [1.29, 1.82) is 0 Å². The number of carbonyl (C=O) groups is 1. The topological polar surface area (TPSA) is 54.0 Å². The molecule has 132 valence electrons. The van der Waals surface area contributed by atoms with E-state index in [4.69, 9.17) is 11.6 Å². The van der Waals surface area contributed by atoms with Crippen molar-refractivity contribution in [3.63, 3.8) is 0 Å². The van der Waals surface area contributed by atoms with Crippen LogP contribution in [0.3, 0.4) is 0 Å². The van der Waals surface area contributed by atoms with E-state index in [9.17, 15) is 4.79 Å². The van der Waals surface area contributed by atoms with E-state index >= 15 is 0 Å². The number of aryl methyl sites for hydroxylation is 1. The maximum absolute atomic E-state index is 12.4. The smallest absolute Gasteiger partial charge is 0.251 e. The van der Waals surface area contributed by atoms with Gasteiger partial charge in [-0.1, -0.05) is 59.6 Å². The molecule has 0 atom stereocenters. The Kier molecular flexibility index (Phi) is 5.87. The third-order valence-corrected chi connectivity index (χ3v) is 4.38. The Hall–Kier alpha value is -2.85. The van der Waals surface area contributed by atoms with Gasteiger partial charge >= 0.3 is 0 Å². The molecule has 0 unspecified atom stereocenters. The molecule has 2 aromatic carbocycles. The Morgan fingerprint density at radius 2 is 1.81 bits per heavy atom. The van der Waals surface area contributed by atoms with Gasteiger partial charge in [-0.2, -0.15) is 0 Å². The number of rotatable bonds is 6. The highest BCUT2D eigenvalue weighted by molar-refractivity contribution is 6.31. The van der Waals surface area contributed by atoms with Gasteiger partial charge in [0.1, 0.15) is 5.82 Å². The van der Waals surface area contributed by atoms with Crippen LogP contribution in [-0.4, -0.2) is 10.9 Å². The van der Waals surface area contributed by atoms with Gasteiger partial charge in [-0.15, -0.1) is 0 Å². The second-order valence-electron chi connectivity index (χ2n) is 6.04. The largest absolute Gasteiger partial charge is 0.366 e. The Morgan fingerprint density at radius 3 is 2.58 bits per heavy atom. The number of aromatic nitrogens is 1. The van der Waals surface area contributed by atoms with Gasteiger partial charge in [-0.05, 0) is 36.2 Å². The lowest BCUT2D eigenvalue weighted by atomic mass is 10.1. The number of carbonyl (C=O) groups excluding carboxylic acids is 1. The van der Waals surface area contributed by atoms with E-state index in [2.05, 4.69) is 15.6 Å². The molecule has 0 bridgehead atoms. The summed E-state index contributed by atoms with van der Waals surface area (Å²) in [5, 5.41) is 6.83. The summed E-state index contributed by atoms with van der Waals surface area (Å²) in [5.74, 6) is 0.502. The van der Waals surface area contributed by atoms with E-state index in [0.717, 1.165) is 11.1 Å². The van der Waals surface area contributed by atoms with Crippen LogP contribution in [0.25, 0.3) is 0 Å². The fourth-order valence-electron chi connectivity index (χ4n) is 2.49. The lowest BCUT2D eigenvalue weighted by Gasteiger charge is -2.09. The van der Waals surface area contributed by atoms with Gasteiger partial charge in [-0.3, -0.25) is 4.79 Å². The first kappa shape index (κ1) is 18.0. The number of amides is 1. The number of nitrogens with one attached hydrogen (secondary N) is 2. The predicted molar refractivity (Wildman–Crippen MR) is 105 cm³/mol. The molecule has 0 radical (unpaired) electrons. The average molecular weight is 366 g/mol. The highest BCUT2D eigenvalue weighted by Crippen LogP contribution is 2.16. The second-order valence-corrected chi connectivity index (χ2v) is 6.45. The number of halogens is 1. The molecule has 3 rings (SSSR count). The van der Waals surface area contributed by atoms with Crippen LogP contribution >= 0.6 is 11.6 Å². The molecule has 0 aliphatic carbocycles. The lowest BCUT2D eigenvalue weighted by Crippen LogP contribution is -2.23. The van der Waals surface area contributed by atoms with E-state index < -0.39 is 0 Å². The van der Waals surface area contributed by atoms with Crippen molar-refractivity contribution >= 4 is 23.3 Å². The summed E-state index contributed by atoms with van der Waals surface area (Å²) >= 11 is 6.16. The van der Waals surface area contributed by atoms with E-state index in [0.29, 0.717) is 29.5 Å².